The Morgan fingerprint density at radius 1 is 1.30 bits per heavy atom. The highest BCUT2D eigenvalue weighted by Gasteiger charge is 2.15. The van der Waals surface area contributed by atoms with Crippen LogP contribution >= 0.6 is 0 Å². The van der Waals surface area contributed by atoms with E-state index in [1.165, 1.54) is 11.1 Å². The number of likely N-dealkylation sites (N-methyl/N-ethyl adjacent to an activating group) is 1. The SMILES string of the molecule is CCN(Cc1cc(CNC)ccc1OC)C(C)COC. The Kier molecular flexibility index (Phi) is 7.59. The lowest BCUT2D eigenvalue weighted by molar-refractivity contribution is 0.0976. The summed E-state index contributed by atoms with van der Waals surface area (Å²) in [6.45, 7) is 7.85. The van der Waals surface area contributed by atoms with Gasteiger partial charge in [-0.1, -0.05) is 13.0 Å². The Morgan fingerprint density at radius 3 is 2.60 bits per heavy atom. The van der Waals surface area contributed by atoms with Gasteiger partial charge in [-0.2, -0.15) is 0 Å². The molecule has 1 aromatic rings. The first-order valence-corrected chi connectivity index (χ1v) is 7.19. The van der Waals surface area contributed by atoms with E-state index in [2.05, 4.69) is 42.3 Å². The van der Waals surface area contributed by atoms with Gasteiger partial charge in [-0.3, -0.25) is 4.90 Å². The molecule has 0 aromatic heterocycles. The van der Waals surface area contributed by atoms with Crippen molar-refractivity contribution in [3.63, 3.8) is 0 Å². The molecule has 0 bridgehead atoms. The summed E-state index contributed by atoms with van der Waals surface area (Å²) in [5.41, 5.74) is 2.50. The number of ether oxygens (including phenoxy) is 2. The van der Waals surface area contributed by atoms with E-state index in [0.29, 0.717) is 6.04 Å². The van der Waals surface area contributed by atoms with Gasteiger partial charge in [-0.25, -0.2) is 0 Å². The van der Waals surface area contributed by atoms with Crippen LogP contribution in [0.1, 0.15) is 25.0 Å². The maximum atomic E-state index is 5.49. The zero-order chi connectivity index (χ0) is 15.0. The average Bonchev–Trinajstić information content (AvgIpc) is 2.45. The van der Waals surface area contributed by atoms with Crippen LogP contribution < -0.4 is 10.1 Å². The third kappa shape index (κ3) is 4.78. The summed E-state index contributed by atoms with van der Waals surface area (Å²) >= 11 is 0. The van der Waals surface area contributed by atoms with E-state index in [9.17, 15) is 0 Å². The van der Waals surface area contributed by atoms with E-state index in [0.717, 1.165) is 32.0 Å². The van der Waals surface area contributed by atoms with Crippen LogP contribution in [0.4, 0.5) is 0 Å². The molecule has 1 rings (SSSR count). The fraction of sp³-hybridized carbons (Fsp3) is 0.625. The van der Waals surface area contributed by atoms with Crippen molar-refractivity contribution in [2.24, 2.45) is 0 Å². The van der Waals surface area contributed by atoms with Crippen molar-refractivity contribution >= 4 is 0 Å². The predicted molar refractivity (Wildman–Crippen MR) is 83.2 cm³/mol. The van der Waals surface area contributed by atoms with Gasteiger partial charge in [-0.15, -0.1) is 0 Å². The molecule has 1 aromatic carbocycles. The minimum Gasteiger partial charge on any atom is -0.496 e. The first-order valence-electron chi connectivity index (χ1n) is 7.19. The van der Waals surface area contributed by atoms with Crippen molar-refractivity contribution in [3.05, 3.63) is 29.3 Å². The molecule has 114 valence electrons. The van der Waals surface area contributed by atoms with Gasteiger partial charge in [-0.05, 0) is 38.2 Å². The molecule has 1 unspecified atom stereocenters. The monoisotopic (exact) mass is 280 g/mol. The van der Waals surface area contributed by atoms with Gasteiger partial charge in [0.05, 0.1) is 13.7 Å². The van der Waals surface area contributed by atoms with Crippen LogP contribution in [-0.2, 0) is 17.8 Å². The van der Waals surface area contributed by atoms with Crippen LogP contribution in [0.2, 0.25) is 0 Å². The summed E-state index contributed by atoms with van der Waals surface area (Å²) in [4.78, 5) is 2.39. The Labute approximate surface area is 123 Å². The van der Waals surface area contributed by atoms with Crippen LogP contribution in [0.25, 0.3) is 0 Å². The second-order valence-corrected chi connectivity index (χ2v) is 5.04. The molecule has 0 saturated heterocycles. The van der Waals surface area contributed by atoms with Gasteiger partial charge in [0.2, 0.25) is 0 Å². The van der Waals surface area contributed by atoms with E-state index in [4.69, 9.17) is 9.47 Å². The fourth-order valence-corrected chi connectivity index (χ4v) is 2.41. The molecule has 0 amide bonds. The highest BCUT2D eigenvalue weighted by Crippen LogP contribution is 2.22. The van der Waals surface area contributed by atoms with Gasteiger partial charge in [0.25, 0.3) is 0 Å². The van der Waals surface area contributed by atoms with Crippen molar-refractivity contribution in [2.45, 2.75) is 33.0 Å². The van der Waals surface area contributed by atoms with Crippen LogP contribution in [0, 0.1) is 0 Å². The third-order valence-corrected chi connectivity index (χ3v) is 3.54. The minimum absolute atomic E-state index is 0.391. The summed E-state index contributed by atoms with van der Waals surface area (Å²) < 4.78 is 10.7. The van der Waals surface area contributed by atoms with Crippen LogP contribution in [0.5, 0.6) is 5.75 Å². The van der Waals surface area contributed by atoms with Crippen molar-refractivity contribution in [1.29, 1.82) is 0 Å². The van der Waals surface area contributed by atoms with Crippen molar-refractivity contribution < 1.29 is 9.47 Å². The summed E-state index contributed by atoms with van der Waals surface area (Å²) in [5, 5.41) is 3.18. The second-order valence-electron chi connectivity index (χ2n) is 5.04. The van der Waals surface area contributed by atoms with Crippen LogP contribution in [0.15, 0.2) is 18.2 Å². The highest BCUT2D eigenvalue weighted by atomic mass is 16.5. The molecular formula is C16H28N2O2. The summed E-state index contributed by atoms with van der Waals surface area (Å²) in [6.07, 6.45) is 0. The van der Waals surface area contributed by atoms with Gasteiger partial charge < -0.3 is 14.8 Å². The molecule has 0 aliphatic carbocycles. The summed E-state index contributed by atoms with van der Waals surface area (Å²) in [5.74, 6) is 0.952. The molecule has 20 heavy (non-hydrogen) atoms. The normalized spacial score (nSPS) is 12.7. The zero-order valence-corrected chi connectivity index (χ0v) is 13.4. The lowest BCUT2D eigenvalue weighted by Crippen LogP contribution is -2.35. The maximum absolute atomic E-state index is 5.49. The molecule has 0 radical (unpaired) electrons. The number of benzene rings is 1. The second kappa shape index (κ2) is 8.95. The topological polar surface area (TPSA) is 33.7 Å². The molecule has 4 nitrogen and oxygen atoms in total. The Bertz CT molecular complexity index is 396. The number of hydrogen-bond donors (Lipinski definition) is 1. The quantitative estimate of drug-likeness (QED) is 0.752. The van der Waals surface area contributed by atoms with Gasteiger partial charge >= 0.3 is 0 Å². The smallest absolute Gasteiger partial charge is 0.123 e. The first-order chi connectivity index (χ1) is 9.65. The average molecular weight is 280 g/mol. The van der Waals surface area contributed by atoms with E-state index >= 15 is 0 Å². The Morgan fingerprint density at radius 2 is 2.05 bits per heavy atom. The van der Waals surface area contributed by atoms with Crippen LogP contribution in [-0.4, -0.2) is 45.4 Å². The molecule has 1 N–H and O–H groups in total. The molecule has 0 heterocycles. The number of methoxy groups -OCH3 is 2. The molecule has 1 atom stereocenters. The summed E-state index contributed by atoms with van der Waals surface area (Å²) in [6, 6.07) is 6.77. The van der Waals surface area contributed by atoms with Crippen LogP contribution in [0.3, 0.4) is 0 Å². The van der Waals surface area contributed by atoms with Crippen molar-refractivity contribution in [1.82, 2.24) is 10.2 Å². The van der Waals surface area contributed by atoms with Crippen molar-refractivity contribution in [2.75, 3.05) is 34.4 Å². The van der Waals surface area contributed by atoms with Gasteiger partial charge in [0, 0.05) is 31.8 Å². The van der Waals surface area contributed by atoms with E-state index in [-0.39, 0.29) is 0 Å². The van der Waals surface area contributed by atoms with E-state index < -0.39 is 0 Å². The number of rotatable bonds is 9. The third-order valence-electron chi connectivity index (χ3n) is 3.54. The highest BCUT2D eigenvalue weighted by molar-refractivity contribution is 5.37. The van der Waals surface area contributed by atoms with E-state index in [1.54, 1.807) is 14.2 Å². The minimum atomic E-state index is 0.391. The molecule has 0 aliphatic heterocycles. The Hall–Kier alpha value is -1.10. The molecule has 4 heteroatoms. The lowest BCUT2D eigenvalue weighted by atomic mass is 10.1. The summed E-state index contributed by atoms with van der Waals surface area (Å²) in [7, 11) is 5.44. The van der Waals surface area contributed by atoms with Crippen molar-refractivity contribution in [3.8, 4) is 5.75 Å². The van der Waals surface area contributed by atoms with Gasteiger partial charge in [0.15, 0.2) is 0 Å². The number of hydrogen-bond acceptors (Lipinski definition) is 4. The molecular weight excluding hydrogens is 252 g/mol. The first kappa shape index (κ1) is 17.0. The fourth-order valence-electron chi connectivity index (χ4n) is 2.41. The van der Waals surface area contributed by atoms with Gasteiger partial charge in [0.1, 0.15) is 5.75 Å². The van der Waals surface area contributed by atoms with E-state index in [1.807, 2.05) is 7.05 Å². The molecule has 0 aliphatic rings. The molecule has 0 saturated carbocycles. The largest absolute Gasteiger partial charge is 0.496 e. The standard InChI is InChI=1S/C16H28N2O2/c1-6-18(13(2)12-19-4)11-15-9-14(10-17-3)7-8-16(15)20-5/h7-9,13,17H,6,10-12H2,1-5H3. The molecule has 0 fully saturated rings. The number of nitrogens with one attached hydrogen (secondary N) is 1. The number of nitrogens with zero attached hydrogens (tertiary/aromatic N) is 1. The molecule has 0 spiro atoms. The lowest BCUT2D eigenvalue weighted by Gasteiger charge is -2.28. The predicted octanol–water partition coefficient (Wildman–Crippen LogP) is 2.27. The maximum Gasteiger partial charge on any atom is 0.123 e. The zero-order valence-electron chi connectivity index (χ0n) is 13.4. The Balaban J connectivity index is 2.89.